The van der Waals surface area contributed by atoms with Crippen molar-refractivity contribution in [3.8, 4) is 28.4 Å². The Kier molecular flexibility index (Phi) is 5.24. The maximum Gasteiger partial charge on any atom is 0.255 e. The molecule has 11 heteroatoms. The first kappa shape index (κ1) is 24.8. The number of ketones is 2. The van der Waals surface area contributed by atoms with Crippen molar-refractivity contribution in [3.63, 3.8) is 0 Å². The molecule has 1 amide bonds. The van der Waals surface area contributed by atoms with Crippen LogP contribution in [-0.2, 0) is 20.8 Å². The van der Waals surface area contributed by atoms with E-state index < -0.39 is 52.0 Å². The molecule has 0 saturated heterocycles. The maximum absolute atomic E-state index is 13.8. The number of benzene rings is 2. The molecule has 1 heterocycles. The minimum Gasteiger partial charge on any atom is -0.508 e. The van der Waals surface area contributed by atoms with Crippen LogP contribution in [0.5, 0.6) is 17.2 Å². The molecule has 3 aliphatic carbocycles. The lowest BCUT2D eigenvalue weighted by Gasteiger charge is -2.46. The van der Waals surface area contributed by atoms with Gasteiger partial charge in [0.2, 0.25) is 12.6 Å². The molecule has 0 radical (unpaired) electrons. The highest BCUT2D eigenvalue weighted by molar-refractivity contribution is 6.22. The summed E-state index contributed by atoms with van der Waals surface area (Å²) in [5.41, 5.74) is 3.89. The predicted octanol–water partition coefficient (Wildman–Crippen LogP) is 1.89. The van der Waals surface area contributed by atoms with E-state index in [4.69, 9.17) is 15.2 Å². The van der Waals surface area contributed by atoms with Crippen LogP contribution in [0, 0.1) is 11.8 Å². The number of primary amides is 1. The third kappa shape index (κ3) is 3.29. The molecule has 3 atom stereocenters. The molecular formula is C28H26N2O9. The van der Waals surface area contributed by atoms with Gasteiger partial charge in [-0.2, -0.15) is 0 Å². The number of rotatable bonds is 3. The van der Waals surface area contributed by atoms with E-state index in [9.17, 15) is 34.8 Å². The zero-order chi connectivity index (χ0) is 28.0. The van der Waals surface area contributed by atoms with E-state index in [1.54, 1.807) is 24.3 Å². The molecular weight excluding hydrogens is 508 g/mol. The fourth-order valence-electron chi connectivity index (χ4n) is 6.35. The number of ether oxygens (including phenoxy) is 2. The predicted molar refractivity (Wildman–Crippen MR) is 137 cm³/mol. The van der Waals surface area contributed by atoms with E-state index in [2.05, 4.69) is 0 Å². The van der Waals surface area contributed by atoms with Crippen LogP contribution in [-0.4, -0.2) is 64.4 Å². The second kappa shape index (κ2) is 8.24. The van der Waals surface area contributed by atoms with Crippen LogP contribution in [0.2, 0.25) is 0 Å². The lowest BCUT2D eigenvalue weighted by atomic mass is 9.59. The third-order valence-corrected chi connectivity index (χ3v) is 8.21. The first-order valence-electron chi connectivity index (χ1n) is 12.4. The number of amides is 1. The molecule has 0 aromatic heterocycles. The highest BCUT2D eigenvalue weighted by Gasteiger charge is 2.60. The van der Waals surface area contributed by atoms with Gasteiger partial charge in [-0.1, -0.05) is 6.07 Å². The Bertz CT molecular complexity index is 1570. The number of Topliss-reactive ketones (excluding diaryl/α,β-unsaturated/α-hetero) is 2. The van der Waals surface area contributed by atoms with Crippen molar-refractivity contribution in [2.45, 2.75) is 24.9 Å². The van der Waals surface area contributed by atoms with Crippen molar-refractivity contribution < 1.29 is 44.3 Å². The minimum absolute atomic E-state index is 0.0287. The number of carbonyl (C=O) groups excluding carboxylic acids is 3. The molecule has 202 valence electrons. The second-order valence-electron chi connectivity index (χ2n) is 10.5. The number of nitrogens with two attached hydrogens (primary N) is 1. The summed E-state index contributed by atoms with van der Waals surface area (Å²) in [5, 5.41) is 45.2. The Morgan fingerprint density at radius 2 is 1.79 bits per heavy atom. The molecule has 39 heavy (non-hydrogen) atoms. The van der Waals surface area contributed by atoms with Crippen molar-refractivity contribution in [1.82, 2.24) is 0 Å². The van der Waals surface area contributed by atoms with Crippen LogP contribution in [0.25, 0.3) is 16.9 Å². The Morgan fingerprint density at radius 1 is 1.08 bits per heavy atom. The Hall–Kier alpha value is -4.51. The SMILES string of the molecule is CN(C)c1cc(-c2ccc3c(c2)OCO3)c(O)c2c1C[C@H]1C[C@H]3CC(=O)C(C(N)=O)=C(O)[C@@]3(O)C(=O)C1=C2O. The van der Waals surface area contributed by atoms with Gasteiger partial charge in [0.25, 0.3) is 5.91 Å². The summed E-state index contributed by atoms with van der Waals surface area (Å²) in [7, 11) is 3.62. The number of phenolic OH excluding ortho intramolecular Hbond substituents is 1. The number of hydrogen-bond acceptors (Lipinski definition) is 10. The normalized spacial score (nSPS) is 25.3. The first-order chi connectivity index (χ1) is 18.4. The summed E-state index contributed by atoms with van der Waals surface area (Å²) in [6, 6.07) is 6.92. The summed E-state index contributed by atoms with van der Waals surface area (Å²) in [5.74, 6) is -5.54. The first-order valence-corrected chi connectivity index (χ1v) is 12.4. The molecule has 6 rings (SSSR count). The number of hydrogen-bond donors (Lipinski definition) is 5. The van der Waals surface area contributed by atoms with Gasteiger partial charge >= 0.3 is 0 Å². The van der Waals surface area contributed by atoms with Crippen LogP contribution in [0.1, 0.15) is 24.0 Å². The molecule has 2 aromatic rings. The van der Waals surface area contributed by atoms with Gasteiger partial charge < -0.3 is 40.5 Å². The minimum atomic E-state index is -2.61. The van der Waals surface area contributed by atoms with Gasteiger partial charge in [0.1, 0.15) is 22.8 Å². The molecule has 0 bridgehead atoms. The number of nitrogens with zero attached hydrogens (tertiary/aromatic N) is 1. The number of carbonyl (C=O) groups is 3. The van der Waals surface area contributed by atoms with Gasteiger partial charge in [0.15, 0.2) is 22.9 Å². The van der Waals surface area contributed by atoms with E-state index in [0.717, 1.165) is 0 Å². The molecule has 4 aliphatic rings. The Labute approximate surface area is 222 Å². The molecule has 2 aromatic carbocycles. The Balaban J connectivity index is 1.56. The zero-order valence-corrected chi connectivity index (χ0v) is 21.1. The number of fused-ring (bicyclic) bond motifs is 4. The molecule has 11 nitrogen and oxygen atoms in total. The van der Waals surface area contributed by atoms with Crippen molar-refractivity contribution in [1.29, 1.82) is 0 Å². The lowest BCUT2D eigenvalue weighted by Crippen LogP contribution is -2.58. The molecule has 0 unspecified atom stereocenters. The quantitative estimate of drug-likeness (QED) is 0.365. The summed E-state index contributed by atoms with van der Waals surface area (Å²) in [6.45, 7) is 0.0720. The second-order valence-corrected chi connectivity index (χ2v) is 10.5. The third-order valence-electron chi connectivity index (χ3n) is 8.21. The van der Waals surface area contributed by atoms with Crippen LogP contribution < -0.4 is 20.1 Å². The molecule has 1 fully saturated rings. The van der Waals surface area contributed by atoms with E-state index in [0.29, 0.717) is 33.9 Å². The molecule has 6 N–H and O–H groups in total. The van der Waals surface area contributed by atoms with Gasteiger partial charge in [-0.05, 0) is 48.1 Å². The van der Waals surface area contributed by atoms with Gasteiger partial charge in [-0.3, -0.25) is 14.4 Å². The van der Waals surface area contributed by atoms with Gasteiger partial charge in [-0.25, -0.2) is 0 Å². The highest BCUT2D eigenvalue weighted by Crippen LogP contribution is 2.54. The molecule has 0 spiro atoms. The van der Waals surface area contributed by atoms with Gasteiger partial charge in [-0.15, -0.1) is 0 Å². The summed E-state index contributed by atoms with van der Waals surface area (Å²) in [4.78, 5) is 40.0. The molecule has 1 aliphatic heterocycles. The average Bonchev–Trinajstić information content (AvgIpc) is 3.34. The number of aromatic hydroxyl groups is 1. The monoisotopic (exact) mass is 534 g/mol. The topological polar surface area (TPSA) is 180 Å². The van der Waals surface area contributed by atoms with Crippen LogP contribution >= 0.6 is 0 Å². The van der Waals surface area contributed by atoms with E-state index in [-0.39, 0.29) is 42.9 Å². The number of aliphatic hydroxyl groups excluding tert-OH is 2. The van der Waals surface area contributed by atoms with Crippen LogP contribution in [0.4, 0.5) is 5.69 Å². The molecule has 1 saturated carbocycles. The van der Waals surface area contributed by atoms with E-state index in [1.165, 1.54) is 0 Å². The van der Waals surface area contributed by atoms with Gasteiger partial charge in [0.05, 0.1) is 5.56 Å². The number of phenols is 1. The fraction of sp³-hybridized carbons (Fsp3) is 0.321. The summed E-state index contributed by atoms with van der Waals surface area (Å²) >= 11 is 0. The van der Waals surface area contributed by atoms with Crippen LogP contribution in [0.15, 0.2) is 41.2 Å². The van der Waals surface area contributed by atoms with Crippen molar-refractivity contribution in [2.75, 3.05) is 25.8 Å². The standard InChI is InChI=1S/C28H26N2O9/c1-30(2)16-9-14(11-3-4-18-19(7-11)39-10-38-18)23(32)21-15(16)6-12-5-13-8-17(31)22(27(29)36)26(35)28(13,37)25(34)20(12)24(21)33/h3-4,7,9,12-13,32-33,35,37H,5-6,8,10H2,1-2H3,(H2,29,36)/t12-,13+,28+/m1/s1. The van der Waals surface area contributed by atoms with Gasteiger partial charge in [0, 0.05) is 43.3 Å². The number of anilines is 1. The number of aliphatic hydroxyl groups is 3. The van der Waals surface area contributed by atoms with Crippen LogP contribution in [0.3, 0.4) is 0 Å². The maximum atomic E-state index is 13.8. The average molecular weight is 535 g/mol. The van der Waals surface area contributed by atoms with E-state index >= 15 is 0 Å². The smallest absolute Gasteiger partial charge is 0.255 e. The Morgan fingerprint density at radius 3 is 2.49 bits per heavy atom. The summed E-state index contributed by atoms with van der Waals surface area (Å²) in [6.07, 6.45) is -0.0752. The van der Waals surface area contributed by atoms with Crippen molar-refractivity contribution in [3.05, 3.63) is 52.3 Å². The lowest BCUT2D eigenvalue weighted by molar-refractivity contribution is -0.147. The summed E-state index contributed by atoms with van der Waals surface area (Å²) < 4.78 is 10.8. The van der Waals surface area contributed by atoms with Crippen molar-refractivity contribution in [2.24, 2.45) is 17.6 Å². The largest absolute Gasteiger partial charge is 0.508 e. The zero-order valence-electron chi connectivity index (χ0n) is 21.1. The van der Waals surface area contributed by atoms with E-state index in [1.807, 2.05) is 19.0 Å². The fourth-order valence-corrected chi connectivity index (χ4v) is 6.35. The van der Waals surface area contributed by atoms with Crippen molar-refractivity contribution >= 4 is 28.9 Å². The highest BCUT2D eigenvalue weighted by atomic mass is 16.7.